The average Bonchev–Trinajstić information content (AvgIpc) is 3.01. The third-order valence-corrected chi connectivity index (χ3v) is 8.79. The van der Waals surface area contributed by atoms with Crippen molar-refractivity contribution < 1.29 is 23.6 Å². The molecule has 0 saturated carbocycles. The maximum absolute atomic E-state index is 13.2. The van der Waals surface area contributed by atoms with E-state index in [1.807, 2.05) is 53.7 Å². The zero-order chi connectivity index (χ0) is 29.4. The van der Waals surface area contributed by atoms with Crippen molar-refractivity contribution in [2.45, 2.75) is 104 Å². The first-order valence-electron chi connectivity index (χ1n) is 13.6. The highest BCUT2D eigenvalue weighted by Crippen LogP contribution is 2.37. The number of carbonyl (C=O) groups excluding carboxylic acids is 2. The fraction of sp³-hybridized carbons (Fsp3) is 0.600. The minimum atomic E-state index is -0.491. The zero-order valence-electron chi connectivity index (χ0n) is 25.2. The van der Waals surface area contributed by atoms with Crippen molar-refractivity contribution in [1.82, 2.24) is 10.6 Å². The summed E-state index contributed by atoms with van der Waals surface area (Å²) in [4.78, 5) is 27.1. The number of benzene rings is 1. The monoisotopic (exact) mass is 556 g/mol. The second kappa shape index (κ2) is 11.4. The molecule has 0 unspecified atom stereocenters. The molecule has 0 atom stereocenters. The molecule has 1 aromatic carbocycles. The Morgan fingerprint density at radius 3 is 2.13 bits per heavy atom. The predicted octanol–water partition coefficient (Wildman–Crippen LogP) is 4.76. The number of carbonyl (C=O) groups is 2. The van der Waals surface area contributed by atoms with Crippen LogP contribution in [-0.2, 0) is 18.8 Å². The predicted molar refractivity (Wildman–Crippen MR) is 160 cm³/mol. The quantitative estimate of drug-likeness (QED) is 0.386. The molecule has 0 radical (unpaired) electrons. The summed E-state index contributed by atoms with van der Waals surface area (Å²) in [6.45, 7) is 24.6. The first kappa shape index (κ1) is 31.5. The lowest BCUT2D eigenvalue weighted by atomic mass is 9.79. The Morgan fingerprint density at radius 1 is 1.03 bits per heavy atom. The molecule has 2 aliphatic heterocycles. The van der Waals surface area contributed by atoms with E-state index in [-0.39, 0.29) is 29.6 Å². The zero-order valence-corrected chi connectivity index (χ0v) is 26.1. The Kier molecular flexibility index (Phi) is 9.22. The lowest BCUT2D eigenvalue weighted by molar-refractivity contribution is -0.142. The summed E-state index contributed by atoms with van der Waals surface area (Å²) in [6, 6.07) is 7.24. The van der Waals surface area contributed by atoms with E-state index in [4.69, 9.17) is 14.0 Å². The van der Waals surface area contributed by atoms with Gasteiger partial charge in [-0.3, -0.25) is 4.79 Å². The van der Waals surface area contributed by atoms with Crippen molar-refractivity contribution >= 4 is 36.2 Å². The maximum atomic E-state index is 13.2. The molecule has 0 spiro atoms. The Bertz CT molecular complexity index is 1120. The number of nitrogens with one attached hydrogen (secondary N) is 2. The second-order valence-corrected chi connectivity index (χ2v) is 14.2. The van der Waals surface area contributed by atoms with Crippen LogP contribution in [0.25, 0.3) is 0 Å². The molecular weight excluding hydrogens is 511 g/mol. The van der Waals surface area contributed by atoms with E-state index in [9.17, 15) is 9.59 Å². The lowest BCUT2D eigenvalue weighted by Gasteiger charge is -2.36. The molecule has 2 N–H and O–H groups in total. The third kappa shape index (κ3) is 7.78. The van der Waals surface area contributed by atoms with Crippen molar-refractivity contribution in [3.05, 3.63) is 52.5 Å². The molecule has 2 heterocycles. The highest BCUT2D eigenvalue weighted by atomic mass is 32.2. The van der Waals surface area contributed by atoms with E-state index in [0.29, 0.717) is 28.9 Å². The summed E-state index contributed by atoms with van der Waals surface area (Å²) in [5.74, 6) is 0.0632. The van der Waals surface area contributed by atoms with Gasteiger partial charge in [-0.05, 0) is 98.8 Å². The van der Waals surface area contributed by atoms with E-state index in [1.165, 1.54) is 0 Å². The van der Waals surface area contributed by atoms with E-state index < -0.39 is 24.3 Å². The van der Waals surface area contributed by atoms with Crippen LogP contribution in [0.5, 0.6) is 0 Å². The van der Waals surface area contributed by atoms with Crippen molar-refractivity contribution in [3.63, 3.8) is 0 Å². The molecule has 39 heavy (non-hydrogen) atoms. The number of hydrogen-bond acceptors (Lipinski definition) is 7. The molecule has 0 aromatic heterocycles. The summed E-state index contributed by atoms with van der Waals surface area (Å²) in [7, 11) is -0.491. The molecule has 0 aliphatic carbocycles. The third-order valence-electron chi connectivity index (χ3n) is 7.23. The first-order valence-corrected chi connectivity index (χ1v) is 14.6. The minimum absolute atomic E-state index is 0.195. The molecule has 1 amide bonds. The second-order valence-electron chi connectivity index (χ2n) is 13.1. The van der Waals surface area contributed by atoms with E-state index in [1.54, 1.807) is 23.9 Å². The minimum Gasteiger partial charge on any atom is -0.459 e. The van der Waals surface area contributed by atoms with Gasteiger partial charge in [0, 0.05) is 33.8 Å². The molecule has 7 nitrogen and oxygen atoms in total. The van der Waals surface area contributed by atoms with Gasteiger partial charge >= 0.3 is 13.1 Å². The van der Waals surface area contributed by atoms with E-state index in [2.05, 4.69) is 44.9 Å². The fourth-order valence-corrected chi connectivity index (χ4v) is 6.01. The molecule has 1 aromatic rings. The Hall–Kier alpha value is -2.07. The maximum Gasteiger partial charge on any atom is 0.494 e. The van der Waals surface area contributed by atoms with Gasteiger partial charge in [0.1, 0.15) is 0 Å². The van der Waals surface area contributed by atoms with Crippen LogP contribution in [0.2, 0.25) is 0 Å². The van der Waals surface area contributed by atoms with E-state index >= 15 is 0 Å². The summed E-state index contributed by atoms with van der Waals surface area (Å²) in [6.07, 6.45) is 0.300. The van der Waals surface area contributed by atoms with Gasteiger partial charge in [-0.25, -0.2) is 4.79 Å². The van der Waals surface area contributed by atoms with E-state index in [0.717, 1.165) is 10.4 Å². The van der Waals surface area contributed by atoms with Gasteiger partial charge in [0.05, 0.1) is 22.9 Å². The summed E-state index contributed by atoms with van der Waals surface area (Å²) < 4.78 is 17.9. The van der Waals surface area contributed by atoms with Gasteiger partial charge in [-0.2, -0.15) is 0 Å². The van der Waals surface area contributed by atoms with Crippen LogP contribution in [0.4, 0.5) is 0 Å². The summed E-state index contributed by atoms with van der Waals surface area (Å²) in [5, 5.41) is 6.70. The number of amides is 1. The van der Waals surface area contributed by atoms with Crippen LogP contribution in [0, 0.1) is 0 Å². The number of rotatable bonds is 6. The topological polar surface area (TPSA) is 85.9 Å². The van der Waals surface area contributed by atoms with Crippen LogP contribution < -0.4 is 16.1 Å². The van der Waals surface area contributed by atoms with Crippen LogP contribution in [0.1, 0.15) is 86.0 Å². The van der Waals surface area contributed by atoms with Gasteiger partial charge in [0.15, 0.2) is 0 Å². The molecule has 0 bridgehead atoms. The molecule has 3 rings (SSSR count). The molecular formula is C30H45BN2O5S. The number of hydrogen-bond donors (Lipinski definition) is 2. The largest absolute Gasteiger partial charge is 0.494 e. The fourth-order valence-electron chi connectivity index (χ4n) is 4.86. The number of esters is 1. The standard InChI is InChI=1S/C30H45BN2O5S/c1-19(2)36-26(35)24-20(3)16-27(4,5)33-28(6,7)18-39-23(24)17-32-25(34)21-12-14-22(15-13-21)31-37-29(8,9)30(10,11)38-31/h12-15,19,33H,3,16-18H2,1-2,4-11H3,(H,32,34)/b24-23+. The van der Waals surface area contributed by atoms with Gasteiger partial charge in [0.2, 0.25) is 0 Å². The van der Waals surface area contributed by atoms with Gasteiger partial charge in [0.25, 0.3) is 5.91 Å². The Labute approximate surface area is 239 Å². The van der Waals surface area contributed by atoms with Gasteiger partial charge < -0.3 is 24.7 Å². The van der Waals surface area contributed by atoms with Crippen molar-refractivity contribution in [3.8, 4) is 0 Å². The highest BCUT2D eigenvalue weighted by Gasteiger charge is 2.51. The first-order chi connectivity index (χ1) is 17.8. The molecule has 214 valence electrons. The lowest BCUT2D eigenvalue weighted by Crippen LogP contribution is -2.53. The van der Waals surface area contributed by atoms with Crippen molar-refractivity contribution in [2.24, 2.45) is 0 Å². The molecule has 1 saturated heterocycles. The summed E-state index contributed by atoms with van der Waals surface area (Å²) in [5.41, 5.74) is 1.16. The summed E-state index contributed by atoms with van der Waals surface area (Å²) >= 11 is 1.55. The van der Waals surface area contributed by atoms with Crippen LogP contribution in [-0.4, -0.2) is 59.7 Å². The average molecular weight is 557 g/mol. The van der Waals surface area contributed by atoms with Crippen molar-refractivity contribution in [1.29, 1.82) is 0 Å². The molecule has 1 fully saturated rings. The number of ether oxygens (including phenoxy) is 1. The molecule has 2 aliphatic rings. The van der Waals surface area contributed by atoms with Crippen LogP contribution in [0.15, 0.2) is 46.9 Å². The van der Waals surface area contributed by atoms with Crippen molar-refractivity contribution in [2.75, 3.05) is 12.3 Å². The van der Waals surface area contributed by atoms with Crippen LogP contribution in [0.3, 0.4) is 0 Å². The van der Waals surface area contributed by atoms with Gasteiger partial charge in [-0.15, -0.1) is 11.8 Å². The molecule has 9 heteroatoms. The SMILES string of the molecule is C=C1CC(C)(C)NC(C)(C)CS/C(CNC(=O)c2ccc(B3OC(C)(C)C(C)(C)O3)cc2)=C\1C(=O)OC(C)C. The smallest absolute Gasteiger partial charge is 0.459 e. The normalized spacial score (nSPS) is 24.1. The van der Waals surface area contributed by atoms with Crippen LogP contribution >= 0.6 is 11.8 Å². The Balaban J connectivity index is 1.82. The van der Waals surface area contributed by atoms with Gasteiger partial charge in [-0.1, -0.05) is 18.7 Å². The Morgan fingerprint density at radius 2 is 1.59 bits per heavy atom. The highest BCUT2D eigenvalue weighted by molar-refractivity contribution is 8.03. The number of thioether (sulfide) groups is 1.